The highest BCUT2D eigenvalue weighted by Gasteiger charge is 2.05. The smallest absolute Gasteiger partial charge is 0.278 e. The molecule has 0 fully saturated rings. The number of aromatic amines is 1. The second-order valence-electron chi connectivity index (χ2n) is 12.0. The monoisotopic (exact) mass is 732 g/mol. The van der Waals surface area contributed by atoms with Gasteiger partial charge in [-0.25, -0.2) is 34.9 Å². The molecule has 0 saturated carbocycles. The number of H-pyrrole nitrogens is 1. The fourth-order valence-electron chi connectivity index (χ4n) is 5.21. The van der Waals surface area contributed by atoms with Crippen molar-refractivity contribution in [1.29, 1.82) is 0 Å². The molecular formula is C42H40N10O3. The van der Waals surface area contributed by atoms with Crippen molar-refractivity contribution in [2.75, 3.05) is 18.4 Å². The van der Waals surface area contributed by atoms with Gasteiger partial charge in [-0.05, 0) is 65.9 Å². The Morgan fingerprint density at radius 3 is 1.64 bits per heavy atom. The summed E-state index contributed by atoms with van der Waals surface area (Å²) >= 11 is 0. The molecule has 276 valence electrons. The van der Waals surface area contributed by atoms with E-state index in [0.29, 0.717) is 42.4 Å². The third-order valence-electron chi connectivity index (χ3n) is 8.03. The maximum absolute atomic E-state index is 11.0. The summed E-state index contributed by atoms with van der Waals surface area (Å²) in [6, 6.07) is 36.6. The largest absolute Gasteiger partial charge is 0.489 e. The van der Waals surface area contributed by atoms with Crippen LogP contribution in [0.4, 0.5) is 5.82 Å². The predicted molar refractivity (Wildman–Crippen MR) is 212 cm³/mol. The molecule has 4 heterocycles. The van der Waals surface area contributed by atoms with Gasteiger partial charge in [-0.15, -0.1) is 0 Å². The lowest BCUT2D eigenvalue weighted by Crippen LogP contribution is -2.08. The molecule has 4 N–H and O–H groups in total. The molecule has 0 atom stereocenters. The molecule has 0 unspecified atom stereocenters. The van der Waals surface area contributed by atoms with Gasteiger partial charge < -0.3 is 25.5 Å². The van der Waals surface area contributed by atoms with Gasteiger partial charge in [0.05, 0.1) is 6.33 Å². The van der Waals surface area contributed by atoms with Crippen LogP contribution < -0.4 is 26.1 Å². The van der Waals surface area contributed by atoms with Crippen LogP contribution in [0.15, 0.2) is 151 Å². The highest BCUT2D eigenvalue weighted by molar-refractivity contribution is 5.81. The standard InChI is InChI=1S/C21H19N5O.C15H17NO.C6H4N4O/c1-2-4-17(5-3-1)14-27-18-8-6-16(7-9-18)10-11-23-20-19-21(26-15-25-20)24-13-12-22-19;16-11-10-13-6-8-15(9-7-13)17-12-14-4-2-1-3-5-14;11-6-4-5(9-3-10-6)8-2-1-7-4/h1-9,12-13,15H,10-11,14H2,(H,23,24,25,26);1-9H,10-12,16H2;1-3H,(H,8,9,10,11). The molecule has 0 amide bonds. The summed E-state index contributed by atoms with van der Waals surface area (Å²) in [6.07, 6.45) is 10.8. The zero-order valence-corrected chi connectivity index (χ0v) is 30.0. The van der Waals surface area contributed by atoms with Crippen molar-refractivity contribution >= 4 is 28.1 Å². The minimum atomic E-state index is -0.261. The van der Waals surface area contributed by atoms with E-state index in [9.17, 15) is 4.79 Å². The number of hydrogen-bond donors (Lipinski definition) is 3. The molecule has 0 aliphatic carbocycles. The summed E-state index contributed by atoms with van der Waals surface area (Å²) in [5.74, 6) is 2.47. The van der Waals surface area contributed by atoms with E-state index in [1.165, 1.54) is 41.7 Å². The Hall–Kier alpha value is -7.12. The zero-order valence-electron chi connectivity index (χ0n) is 30.0. The first-order chi connectivity index (χ1) is 27.1. The highest BCUT2D eigenvalue weighted by atomic mass is 16.5. The lowest BCUT2D eigenvalue weighted by atomic mass is 10.1. The van der Waals surface area contributed by atoms with Crippen LogP contribution in [0.25, 0.3) is 22.3 Å². The molecule has 4 aromatic heterocycles. The van der Waals surface area contributed by atoms with Gasteiger partial charge in [-0.1, -0.05) is 84.9 Å². The molecule has 0 radical (unpaired) electrons. The van der Waals surface area contributed by atoms with Gasteiger partial charge in [0.2, 0.25) is 0 Å². The van der Waals surface area contributed by atoms with Crippen LogP contribution in [-0.4, -0.2) is 53.0 Å². The van der Waals surface area contributed by atoms with Gasteiger partial charge in [0.1, 0.15) is 36.6 Å². The summed E-state index contributed by atoms with van der Waals surface area (Å²) in [5.41, 5.74) is 12.0. The van der Waals surface area contributed by atoms with E-state index in [4.69, 9.17) is 15.2 Å². The van der Waals surface area contributed by atoms with Gasteiger partial charge in [-0.3, -0.25) is 4.79 Å². The van der Waals surface area contributed by atoms with E-state index in [1.807, 2.05) is 60.7 Å². The van der Waals surface area contributed by atoms with E-state index in [2.05, 4.69) is 93.7 Å². The van der Waals surface area contributed by atoms with Crippen molar-refractivity contribution in [3.05, 3.63) is 179 Å². The maximum Gasteiger partial charge on any atom is 0.278 e. The molecule has 0 spiro atoms. The molecule has 4 aromatic carbocycles. The van der Waals surface area contributed by atoms with Crippen LogP contribution in [0.1, 0.15) is 22.3 Å². The van der Waals surface area contributed by atoms with E-state index >= 15 is 0 Å². The van der Waals surface area contributed by atoms with Crippen LogP contribution in [-0.2, 0) is 26.1 Å². The third kappa shape index (κ3) is 11.7. The summed E-state index contributed by atoms with van der Waals surface area (Å²) in [7, 11) is 0. The fraction of sp³-hybridized carbons (Fsp3) is 0.143. The van der Waals surface area contributed by atoms with Crippen LogP contribution >= 0.6 is 0 Å². The quantitative estimate of drug-likeness (QED) is 0.131. The molecule has 0 saturated heterocycles. The summed E-state index contributed by atoms with van der Waals surface area (Å²) in [5, 5.41) is 3.31. The van der Waals surface area contributed by atoms with Gasteiger partial charge in [0.25, 0.3) is 5.56 Å². The van der Waals surface area contributed by atoms with Crippen molar-refractivity contribution in [2.45, 2.75) is 26.1 Å². The minimum absolute atomic E-state index is 0.261. The Labute approximate surface area is 317 Å². The number of rotatable bonds is 12. The van der Waals surface area contributed by atoms with Crippen LogP contribution in [0.5, 0.6) is 11.5 Å². The van der Waals surface area contributed by atoms with Gasteiger partial charge in [0.15, 0.2) is 22.6 Å². The molecular weight excluding hydrogens is 693 g/mol. The Bertz CT molecular complexity index is 2390. The maximum atomic E-state index is 11.0. The first kappa shape index (κ1) is 37.6. The Balaban J connectivity index is 0.000000156. The fourth-order valence-corrected chi connectivity index (χ4v) is 5.21. The molecule has 0 aliphatic rings. The van der Waals surface area contributed by atoms with Crippen molar-refractivity contribution in [2.24, 2.45) is 5.73 Å². The average Bonchev–Trinajstić information content (AvgIpc) is 3.25. The third-order valence-corrected chi connectivity index (χ3v) is 8.03. The van der Waals surface area contributed by atoms with Crippen molar-refractivity contribution in [1.82, 2.24) is 39.9 Å². The van der Waals surface area contributed by atoms with E-state index in [1.54, 1.807) is 12.4 Å². The first-order valence-corrected chi connectivity index (χ1v) is 17.7. The number of aromatic nitrogens is 8. The lowest BCUT2D eigenvalue weighted by molar-refractivity contribution is 0.306. The molecule has 0 aliphatic heterocycles. The lowest BCUT2D eigenvalue weighted by Gasteiger charge is -2.09. The Morgan fingerprint density at radius 2 is 1.07 bits per heavy atom. The van der Waals surface area contributed by atoms with E-state index in [-0.39, 0.29) is 11.1 Å². The van der Waals surface area contributed by atoms with Crippen molar-refractivity contribution < 1.29 is 9.47 Å². The number of anilines is 1. The SMILES string of the molecule is NCCc1ccc(OCc2ccccc2)cc1.O=c1[nH]cnc2nccnc12.c1ccc(COc2ccc(CCNc3ncnc4nccnc34)cc2)cc1. The first-order valence-electron chi connectivity index (χ1n) is 17.7. The Morgan fingerprint density at radius 1 is 0.545 bits per heavy atom. The topological polar surface area (TPSA) is 180 Å². The summed E-state index contributed by atoms with van der Waals surface area (Å²) < 4.78 is 11.5. The molecule has 0 bridgehead atoms. The predicted octanol–water partition coefficient (Wildman–Crippen LogP) is 6.13. The number of ether oxygens (including phenoxy) is 2. The number of nitrogens with zero attached hydrogens (tertiary/aromatic N) is 7. The summed E-state index contributed by atoms with van der Waals surface area (Å²) in [6.45, 7) is 2.61. The second kappa shape index (κ2) is 20.2. The zero-order chi connectivity index (χ0) is 37.9. The number of fused-ring (bicyclic) bond motifs is 2. The number of nitrogens with two attached hydrogens (primary N) is 1. The molecule has 55 heavy (non-hydrogen) atoms. The van der Waals surface area contributed by atoms with E-state index in [0.717, 1.165) is 36.4 Å². The van der Waals surface area contributed by atoms with Crippen LogP contribution in [0.2, 0.25) is 0 Å². The Kier molecular flexibility index (Phi) is 13.8. The van der Waals surface area contributed by atoms with Gasteiger partial charge >= 0.3 is 0 Å². The second-order valence-corrected chi connectivity index (χ2v) is 12.0. The van der Waals surface area contributed by atoms with Crippen molar-refractivity contribution in [3.8, 4) is 11.5 Å². The van der Waals surface area contributed by atoms with E-state index < -0.39 is 0 Å². The van der Waals surface area contributed by atoms with Crippen LogP contribution in [0.3, 0.4) is 0 Å². The van der Waals surface area contributed by atoms with Crippen molar-refractivity contribution in [3.63, 3.8) is 0 Å². The number of benzene rings is 4. The van der Waals surface area contributed by atoms with Gasteiger partial charge in [-0.2, -0.15) is 0 Å². The number of nitrogens with one attached hydrogen (secondary N) is 2. The minimum Gasteiger partial charge on any atom is -0.489 e. The molecule has 8 aromatic rings. The number of hydrogen-bond acceptors (Lipinski definition) is 12. The normalized spacial score (nSPS) is 10.4. The molecule has 8 rings (SSSR count). The highest BCUT2D eigenvalue weighted by Crippen LogP contribution is 2.17. The summed E-state index contributed by atoms with van der Waals surface area (Å²) in [4.78, 5) is 41.7. The van der Waals surface area contributed by atoms with Crippen LogP contribution in [0, 0.1) is 0 Å². The van der Waals surface area contributed by atoms with Gasteiger partial charge in [0, 0.05) is 31.3 Å². The molecule has 13 heteroatoms. The molecule has 13 nitrogen and oxygen atoms in total. The average molecular weight is 733 g/mol.